The number of hydrogen-bond acceptors (Lipinski definition) is 5. The molecule has 0 spiro atoms. The lowest BCUT2D eigenvalue weighted by Crippen LogP contribution is -2.38. The van der Waals surface area contributed by atoms with Gasteiger partial charge in [0.05, 0.1) is 12.5 Å². The Kier molecular flexibility index (Phi) is 8.83. The van der Waals surface area contributed by atoms with E-state index in [1.54, 1.807) is 54.6 Å². The predicted molar refractivity (Wildman–Crippen MR) is 115 cm³/mol. The monoisotopic (exact) mass is 446 g/mol. The molecule has 2 aromatic carbocycles. The van der Waals surface area contributed by atoms with E-state index >= 15 is 0 Å². The number of hydrogen-bond donors (Lipinski definition) is 3. The standard InChI is InChI=1S/C21H23ClN4O5/c22-15-8-6-14(7-9-15)17(25-21(24)30)12-20(29)31-13-19(28)26(11-10-18(23)27)16-4-2-1-3-5-16/h1-9,17H,10-13H2,(H2,23,27)(H3,24,25,30). The molecule has 10 heteroatoms. The highest BCUT2D eigenvalue weighted by Gasteiger charge is 2.22. The topological polar surface area (TPSA) is 145 Å². The van der Waals surface area contributed by atoms with Crippen LogP contribution in [0.1, 0.15) is 24.4 Å². The average Bonchev–Trinajstić information content (AvgIpc) is 2.72. The minimum atomic E-state index is -0.814. The number of nitrogens with zero attached hydrogens (tertiary/aromatic N) is 1. The van der Waals surface area contributed by atoms with E-state index in [1.807, 2.05) is 0 Å². The molecule has 31 heavy (non-hydrogen) atoms. The van der Waals surface area contributed by atoms with E-state index in [-0.39, 0.29) is 19.4 Å². The van der Waals surface area contributed by atoms with Gasteiger partial charge in [-0.1, -0.05) is 41.9 Å². The number of ether oxygens (including phenoxy) is 1. The third kappa shape index (κ3) is 7.98. The fourth-order valence-electron chi connectivity index (χ4n) is 2.79. The Morgan fingerprint density at radius 3 is 2.23 bits per heavy atom. The van der Waals surface area contributed by atoms with E-state index in [9.17, 15) is 19.2 Å². The zero-order chi connectivity index (χ0) is 22.8. The predicted octanol–water partition coefficient (Wildman–Crippen LogP) is 1.89. The second-order valence-electron chi connectivity index (χ2n) is 6.57. The number of halogens is 1. The van der Waals surface area contributed by atoms with Gasteiger partial charge in [0, 0.05) is 23.7 Å². The van der Waals surface area contributed by atoms with Crippen LogP contribution in [0, 0.1) is 0 Å². The van der Waals surface area contributed by atoms with Crippen LogP contribution in [0.2, 0.25) is 5.02 Å². The van der Waals surface area contributed by atoms with Gasteiger partial charge in [-0.3, -0.25) is 14.4 Å². The number of primary amides is 2. The molecule has 2 rings (SSSR count). The van der Waals surface area contributed by atoms with Crippen LogP contribution in [0.4, 0.5) is 10.5 Å². The summed E-state index contributed by atoms with van der Waals surface area (Å²) >= 11 is 5.86. The lowest BCUT2D eigenvalue weighted by molar-refractivity contribution is -0.148. The highest BCUT2D eigenvalue weighted by Crippen LogP contribution is 2.20. The molecule has 164 valence electrons. The molecule has 4 amide bonds. The van der Waals surface area contributed by atoms with Crippen molar-refractivity contribution in [2.45, 2.75) is 18.9 Å². The van der Waals surface area contributed by atoms with Crippen molar-refractivity contribution in [1.29, 1.82) is 0 Å². The zero-order valence-corrected chi connectivity index (χ0v) is 17.4. The SMILES string of the molecule is NC(=O)CCN(C(=O)COC(=O)CC(NC(N)=O)c1ccc(Cl)cc1)c1ccccc1. The maximum Gasteiger partial charge on any atom is 0.312 e. The molecule has 0 aliphatic rings. The molecule has 0 aromatic heterocycles. The number of carbonyl (C=O) groups is 4. The van der Waals surface area contributed by atoms with Crippen molar-refractivity contribution in [3.8, 4) is 0 Å². The molecule has 1 atom stereocenters. The largest absolute Gasteiger partial charge is 0.455 e. The Labute approximate surface area is 184 Å². The van der Waals surface area contributed by atoms with Crippen molar-refractivity contribution in [1.82, 2.24) is 5.32 Å². The number of carbonyl (C=O) groups excluding carboxylic acids is 4. The number of amides is 4. The number of rotatable bonds is 10. The lowest BCUT2D eigenvalue weighted by atomic mass is 10.0. The maximum absolute atomic E-state index is 12.6. The van der Waals surface area contributed by atoms with Gasteiger partial charge in [-0.15, -0.1) is 0 Å². The average molecular weight is 447 g/mol. The van der Waals surface area contributed by atoms with Crippen LogP contribution in [0.25, 0.3) is 0 Å². The van der Waals surface area contributed by atoms with Crippen molar-refractivity contribution >= 4 is 41.1 Å². The van der Waals surface area contributed by atoms with Crippen LogP contribution < -0.4 is 21.7 Å². The van der Waals surface area contributed by atoms with Gasteiger partial charge in [-0.25, -0.2) is 4.79 Å². The van der Waals surface area contributed by atoms with Gasteiger partial charge in [0.2, 0.25) is 5.91 Å². The molecule has 0 bridgehead atoms. The summed E-state index contributed by atoms with van der Waals surface area (Å²) in [6.07, 6.45) is -0.291. The van der Waals surface area contributed by atoms with Crippen molar-refractivity contribution < 1.29 is 23.9 Å². The van der Waals surface area contributed by atoms with Gasteiger partial charge in [-0.2, -0.15) is 0 Å². The molecule has 1 unspecified atom stereocenters. The van der Waals surface area contributed by atoms with Crippen LogP contribution >= 0.6 is 11.6 Å². The summed E-state index contributed by atoms with van der Waals surface area (Å²) in [6.45, 7) is -0.497. The van der Waals surface area contributed by atoms with E-state index in [2.05, 4.69) is 5.32 Å². The maximum atomic E-state index is 12.6. The van der Waals surface area contributed by atoms with Gasteiger partial charge in [-0.05, 0) is 29.8 Å². The first-order chi connectivity index (χ1) is 14.8. The third-order valence-electron chi connectivity index (χ3n) is 4.27. The normalized spacial score (nSPS) is 11.3. The van der Waals surface area contributed by atoms with Gasteiger partial charge in [0.25, 0.3) is 5.91 Å². The zero-order valence-electron chi connectivity index (χ0n) is 16.6. The summed E-state index contributed by atoms with van der Waals surface area (Å²) in [6, 6.07) is 13.6. The number of nitrogens with one attached hydrogen (secondary N) is 1. The molecule has 0 saturated carbocycles. The van der Waals surface area contributed by atoms with Gasteiger partial charge < -0.3 is 26.4 Å². The van der Waals surface area contributed by atoms with Crippen LogP contribution in [0.15, 0.2) is 54.6 Å². The fourth-order valence-corrected chi connectivity index (χ4v) is 2.92. The van der Waals surface area contributed by atoms with Crippen molar-refractivity contribution in [2.75, 3.05) is 18.1 Å². The minimum absolute atomic E-state index is 0.0459. The van der Waals surface area contributed by atoms with E-state index in [0.29, 0.717) is 16.3 Å². The molecule has 0 aliphatic heterocycles. The number of benzene rings is 2. The Bertz CT molecular complexity index is 921. The quantitative estimate of drug-likeness (QED) is 0.477. The van der Waals surface area contributed by atoms with Crippen LogP contribution in [-0.4, -0.2) is 37.0 Å². The summed E-state index contributed by atoms with van der Waals surface area (Å²) in [5.74, 6) is -1.80. The molecule has 0 fully saturated rings. The molecule has 0 radical (unpaired) electrons. The molecular formula is C21H23ClN4O5. The summed E-state index contributed by atoms with van der Waals surface area (Å²) < 4.78 is 5.11. The third-order valence-corrected chi connectivity index (χ3v) is 4.52. The van der Waals surface area contributed by atoms with Crippen LogP contribution in [0.5, 0.6) is 0 Å². The molecule has 2 aromatic rings. The summed E-state index contributed by atoms with van der Waals surface area (Å²) in [4.78, 5) is 48.7. The number of urea groups is 1. The Morgan fingerprint density at radius 1 is 1.00 bits per heavy atom. The molecule has 0 saturated heterocycles. The fraction of sp³-hybridized carbons (Fsp3) is 0.238. The Hall–Kier alpha value is -3.59. The molecule has 5 N–H and O–H groups in total. The second-order valence-corrected chi connectivity index (χ2v) is 7.01. The molecule has 0 aliphatic carbocycles. The van der Waals surface area contributed by atoms with Crippen molar-refractivity contribution in [2.24, 2.45) is 11.5 Å². The first kappa shape index (κ1) is 23.7. The molecule has 0 heterocycles. The Morgan fingerprint density at radius 2 is 1.65 bits per heavy atom. The van der Waals surface area contributed by atoms with Gasteiger partial charge in [0.1, 0.15) is 0 Å². The smallest absolute Gasteiger partial charge is 0.312 e. The summed E-state index contributed by atoms with van der Waals surface area (Å²) in [5, 5.41) is 2.96. The lowest BCUT2D eigenvalue weighted by Gasteiger charge is -2.22. The van der Waals surface area contributed by atoms with Gasteiger partial charge in [0.15, 0.2) is 6.61 Å². The first-order valence-corrected chi connectivity index (χ1v) is 9.75. The van der Waals surface area contributed by atoms with E-state index in [4.69, 9.17) is 27.8 Å². The number of para-hydroxylation sites is 1. The van der Waals surface area contributed by atoms with Crippen molar-refractivity contribution in [3.63, 3.8) is 0 Å². The van der Waals surface area contributed by atoms with Crippen molar-refractivity contribution in [3.05, 3.63) is 65.2 Å². The van der Waals surface area contributed by atoms with E-state index in [0.717, 1.165) is 0 Å². The number of anilines is 1. The molecule has 9 nitrogen and oxygen atoms in total. The Balaban J connectivity index is 2.01. The van der Waals surface area contributed by atoms with Gasteiger partial charge >= 0.3 is 12.0 Å². The highest BCUT2D eigenvalue weighted by molar-refractivity contribution is 6.30. The first-order valence-electron chi connectivity index (χ1n) is 9.37. The summed E-state index contributed by atoms with van der Waals surface area (Å²) in [5.41, 5.74) is 11.5. The second kappa shape index (κ2) is 11.6. The minimum Gasteiger partial charge on any atom is -0.455 e. The number of esters is 1. The van der Waals surface area contributed by atoms with E-state index < -0.39 is 36.5 Å². The van der Waals surface area contributed by atoms with Crippen LogP contribution in [-0.2, 0) is 19.1 Å². The number of nitrogens with two attached hydrogens (primary N) is 2. The van der Waals surface area contributed by atoms with E-state index in [1.165, 1.54) is 4.90 Å². The highest BCUT2D eigenvalue weighted by atomic mass is 35.5. The van der Waals surface area contributed by atoms with Crippen LogP contribution in [0.3, 0.4) is 0 Å². The summed E-state index contributed by atoms with van der Waals surface area (Å²) in [7, 11) is 0. The molecular weight excluding hydrogens is 424 g/mol.